The van der Waals surface area contributed by atoms with Gasteiger partial charge in [0.15, 0.2) is 0 Å². The molecule has 0 N–H and O–H groups in total. The van der Waals surface area contributed by atoms with E-state index in [1.54, 1.807) is 18.1 Å². The Kier molecular flexibility index (Phi) is 5.17. The summed E-state index contributed by atoms with van der Waals surface area (Å²) in [5.74, 6) is 1.58. The molecule has 2 heterocycles. The maximum absolute atomic E-state index is 12.4. The molecule has 0 radical (unpaired) electrons. The van der Waals surface area contributed by atoms with Gasteiger partial charge in [-0.05, 0) is 36.4 Å². The zero-order chi connectivity index (χ0) is 17.6. The molecule has 25 heavy (non-hydrogen) atoms. The van der Waals surface area contributed by atoms with Crippen molar-refractivity contribution < 1.29 is 18.7 Å². The first kappa shape index (κ1) is 16.8. The quantitative estimate of drug-likeness (QED) is 0.633. The molecular formula is C19H18N2O4. The minimum atomic E-state index is -0.298. The molecule has 1 aromatic heterocycles. The largest absolute Gasteiger partial charge is 0.497 e. The van der Waals surface area contributed by atoms with E-state index < -0.39 is 0 Å². The highest BCUT2D eigenvalue weighted by molar-refractivity contribution is 6.01. The summed E-state index contributed by atoms with van der Waals surface area (Å²) in [4.78, 5) is 14.0. The van der Waals surface area contributed by atoms with Crippen LogP contribution in [0.1, 0.15) is 5.76 Å². The number of rotatable bonds is 4. The molecule has 0 unspecified atom stereocenters. The summed E-state index contributed by atoms with van der Waals surface area (Å²) < 4.78 is 16.1. The number of methoxy groups -OCH3 is 1. The van der Waals surface area contributed by atoms with E-state index in [9.17, 15) is 10.1 Å². The van der Waals surface area contributed by atoms with Crippen LogP contribution in [0.5, 0.6) is 5.75 Å². The standard InChI is InChI=1S/C19H18N2O4/c1-23-16-4-2-14(3-5-16)18-7-6-17(25-18)12-15(13-20)19(22)21-8-10-24-11-9-21/h2-7,12H,8-11H2,1H3. The molecule has 3 rings (SSSR count). The van der Waals surface area contributed by atoms with Crippen LogP contribution >= 0.6 is 0 Å². The number of morpholine rings is 1. The number of hydrogen-bond donors (Lipinski definition) is 0. The topological polar surface area (TPSA) is 75.7 Å². The van der Waals surface area contributed by atoms with Gasteiger partial charge in [0.05, 0.1) is 20.3 Å². The summed E-state index contributed by atoms with van der Waals surface area (Å²) in [5.41, 5.74) is 0.941. The van der Waals surface area contributed by atoms with E-state index in [0.717, 1.165) is 11.3 Å². The highest BCUT2D eigenvalue weighted by atomic mass is 16.5. The molecular weight excluding hydrogens is 320 g/mol. The van der Waals surface area contributed by atoms with Crippen LogP contribution in [-0.4, -0.2) is 44.2 Å². The van der Waals surface area contributed by atoms with Crippen molar-refractivity contribution in [2.24, 2.45) is 0 Å². The van der Waals surface area contributed by atoms with Gasteiger partial charge in [0.2, 0.25) is 0 Å². The third-order valence-electron chi connectivity index (χ3n) is 3.94. The SMILES string of the molecule is COc1ccc(-c2ccc(C=C(C#N)C(=O)N3CCOCC3)o2)cc1. The molecule has 1 amide bonds. The van der Waals surface area contributed by atoms with Crippen LogP contribution < -0.4 is 4.74 Å². The van der Waals surface area contributed by atoms with Crippen molar-refractivity contribution in [3.63, 3.8) is 0 Å². The maximum Gasteiger partial charge on any atom is 0.264 e. The summed E-state index contributed by atoms with van der Waals surface area (Å²) in [6, 6.07) is 13.0. The van der Waals surface area contributed by atoms with Crippen molar-refractivity contribution in [2.45, 2.75) is 0 Å². The van der Waals surface area contributed by atoms with E-state index in [-0.39, 0.29) is 11.5 Å². The van der Waals surface area contributed by atoms with Crippen molar-refractivity contribution in [1.82, 2.24) is 4.90 Å². The maximum atomic E-state index is 12.4. The minimum Gasteiger partial charge on any atom is -0.497 e. The lowest BCUT2D eigenvalue weighted by Crippen LogP contribution is -2.41. The molecule has 6 heteroatoms. The second-order valence-electron chi connectivity index (χ2n) is 5.50. The third kappa shape index (κ3) is 3.90. The van der Waals surface area contributed by atoms with Crippen molar-refractivity contribution in [3.8, 4) is 23.1 Å². The first-order chi connectivity index (χ1) is 12.2. The molecule has 2 aromatic rings. The average molecular weight is 338 g/mol. The third-order valence-corrected chi connectivity index (χ3v) is 3.94. The summed E-state index contributed by atoms with van der Waals surface area (Å²) >= 11 is 0. The lowest BCUT2D eigenvalue weighted by atomic mass is 10.2. The highest BCUT2D eigenvalue weighted by Crippen LogP contribution is 2.25. The van der Waals surface area contributed by atoms with Gasteiger partial charge in [-0.1, -0.05) is 0 Å². The van der Waals surface area contributed by atoms with Gasteiger partial charge in [-0.25, -0.2) is 0 Å². The zero-order valence-corrected chi connectivity index (χ0v) is 13.9. The molecule has 0 saturated carbocycles. The number of nitriles is 1. The molecule has 128 valence electrons. The van der Waals surface area contributed by atoms with E-state index in [4.69, 9.17) is 13.9 Å². The molecule has 1 saturated heterocycles. The van der Waals surface area contributed by atoms with E-state index in [1.165, 1.54) is 6.08 Å². The van der Waals surface area contributed by atoms with Gasteiger partial charge >= 0.3 is 0 Å². The summed E-state index contributed by atoms with van der Waals surface area (Å²) in [5, 5.41) is 9.32. The fraction of sp³-hybridized carbons (Fsp3) is 0.263. The van der Waals surface area contributed by atoms with Gasteiger partial charge in [-0.3, -0.25) is 4.79 Å². The summed E-state index contributed by atoms with van der Waals surface area (Å²) in [6.45, 7) is 1.97. The Bertz CT molecular complexity index is 809. The van der Waals surface area contributed by atoms with Crippen molar-refractivity contribution in [2.75, 3.05) is 33.4 Å². The van der Waals surface area contributed by atoms with Crippen LogP contribution in [0, 0.1) is 11.3 Å². The van der Waals surface area contributed by atoms with Gasteiger partial charge < -0.3 is 18.8 Å². The number of benzene rings is 1. The van der Waals surface area contributed by atoms with Gasteiger partial charge in [-0.15, -0.1) is 0 Å². The lowest BCUT2D eigenvalue weighted by molar-refractivity contribution is -0.130. The van der Waals surface area contributed by atoms with Crippen LogP contribution in [-0.2, 0) is 9.53 Å². The summed E-state index contributed by atoms with van der Waals surface area (Å²) in [6.07, 6.45) is 1.48. The van der Waals surface area contributed by atoms with Crippen LogP contribution in [0.3, 0.4) is 0 Å². The summed E-state index contributed by atoms with van der Waals surface area (Å²) in [7, 11) is 1.61. The van der Waals surface area contributed by atoms with Gasteiger partial charge in [0.25, 0.3) is 5.91 Å². The number of nitrogens with zero attached hydrogens (tertiary/aromatic N) is 2. The predicted molar refractivity (Wildman–Crippen MR) is 91.7 cm³/mol. The Labute approximate surface area is 145 Å². The Morgan fingerprint density at radius 1 is 1.20 bits per heavy atom. The van der Waals surface area contributed by atoms with Crippen LogP contribution in [0.4, 0.5) is 0 Å². The number of hydrogen-bond acceptors (Lipinski definition) is 5. The van der Waals surface area contributed by atoms with Gasteiger partial charge in [-0.2, -0.15) is 5.26 Å². The second kappa shape index (κ2) is 7.69. The zero-order valence-electron chi connectivity index (χ0n) is 13.9. The normalized spacial score (nSPS) is 14.9. The molecule has 0 aliphatic carbocycles. The fourth-order valence-corrected chi connectivity index (χ4v) is 2.56. The smallest absolute Gasteiger partial charge is 0.264 e. The van der Waals surface area contributed by atoms with Crippen LogP contribution in [0.15, 0.2) is 46.4 Å². The molecule has 1 aromatic carbocycles. The minimum absolute atomic E-state index is 0.0533. The van der Waals surface area contributed by atoms with Crippen LogP contribution in [0.2, 0.25) is 0 Å². The number of amides is 1. The molecule has 0 spiro atoms. The second-order valence-corrected chi connectivity index (χ2v) is 5.50. The Balaban J connectivity index is 1.78. The van der Waals surface area contributed by atoms with Gasteiger partial charge in [0.1, 0.15) is 28.9 Å². The Morgan fingerprint density at radius 3 is 2.56 bits per heavy atom. The molecule has 6 nitrogen and oxygen atoms in total. The number of carbonyl (C=O) groups excluding carboxylic acids is 1. The Hall–Kier alpha value is -3.04. The van der Waals surface area contributed by atoms with Crippen molar-refractivity contribution in [1.29, 1.82) is 5.26 Å². The fourth-order valence-electron chi connectivity index (χ4n) is 2.56. The first-order valence-electron chi connectivity index (χ1n) is 7.94. The average Bonchev–Trinajstić information content (AvgIpc) is 3.15. The van der Waals surface area contributed by atoms with Crippen molar-refractivity contribution in [3.05, 3.63) is 47.7 Å². The van der Waals surface area contributed by atoms with E-state index in [1.807, 2.05) is 36.4 Å². The monoisotopic (exact) mass is 338 g/mol. The highest BCUT2D eigenvalue weighted by Gasteiger charge is 2.21. The molecule has 1 fully saturated rings. The van der Waals surface area contributed by atoms with E-state index in [2.05, 4.69) is 0 Å². The van der Waals surface area contributed by atoms with E-state index in [0.29, 0.717) is 37.8 Å². The molecule has 0 atom stereocenters. The predicted octanol–water partition coefficient (Wildman–Crippen LogP) is 2.72. The lowest BCUT2D eigenvalue weighted by Gasteiger charge is -2.26. The molecule has 1 aliphatic heterocycles. The Morgan fingerprint density at radius 2 is 1.92 bits per heavy atom. The number of ether oxygens (including phenoxy) is 2. The van der Waals surface area contributed by atoms with Gasteiger partial charge in [0, 0.05) is 24.7 Å². The van der Waals surface area contributed by atoms with Crippen LogP contribution in [0.25, 0.3) is 17.4 Å². The molecule has 1 aliphatic rings. The first-order valence-corrected chi connectivity index (χ1v) is 7.94. The van der Waals surface area contributed by atoms with E-state index >= 15 is 0 Å². The van der Waals surface area contributed by atoms with Crippen molar-refractivity contribution >= 4 is 12.0 Å². The molecule has 0 bridgehead atoms. The number of carbonyl (C=O) groups is 1. The number of furan rings is 1.